The van der Waals surface area contributed by atoms with Gasteiger partial charge in [0, 0.05) is 26.7 Å². The van der Waals surface area contributed by atoms with Crippen molar-refractivity contribution < 1.29 is 165 Å². The van der Waals surface area contributed by atoms with Gasteiger partial charge in [-0.1, -0.05) is 73.1 Å². The first-order valence-corrected chi connectivity index (χ1v) is 36.9. The second-order valence-electron chi connectivity index (χ2n) is 28.9. The number of rotatable bonds is 37. The summed E-state index contributed by atoms with van der Waals surface area (Å²) in [6, 6.07) is -4.00. The molecule has 6 aliphatic rings. The number of phosphoric ester groups is 1. The molecule has 20 N–H and O–H groups in total. The van der Waals surface area contributed by atoms with Gasteiger partial charge >= 0.3 is 19.9 Å². The summed E-state index contributed by atoms with van der Waals surface area (Å²) in [7, 11) is -5.85. The fourth-order valence-corrected chi connectivity index (χ4v) is 13.5. The normalized spacial score (nSPS) is 35.6. The van der Waals surface area contributed by atoms with Gasteiger partial charge in [0.25, 0.3) is 5.91 Å². The quantitative estimate of drug-likeness (QED) is 0.0236. The summed E-state index contributed by atoms with van der Waals surface area (Å²) in [5.41, 5.74) is 12.0. The minimum Gasteiger partial charge on any atom is -0.510 e. The van der Waals surface area contributed by atoms with E-state index in [0.29, 0.717) is 12.8 Å². The van der Waals surface area contributed by atoms with Gasteiger partial charge in [0.1, 0.15) is 102 Å². The topological polar surface area (TPSA) is 608 Å². The van der Waals surface area contributed by atoms with Gasteiger partial charge in [0.15, 0.2) is 67.8 Å². The number of primary amides is 2. The lowest BCUT2D eigenvalue weighted by Crippen LogP contribution is -2.72. The second-order valence-corrected chi connectivity index (χ2v) is 30.3. The average Bonchev–Trinajstić information content (AvgIpc) is 1.80. The Balaban J connectivity index is 1.25. The van der Waals surface area contributed by atoms with Gasteiger partial charge in [-0.25, -0.2) is 14.2 Å². The van der Waals surface area contributed by atoms with Crippen LogP contribution in [0.4, 0.5) is 4.79 Å². The summed E-state index contributed by atoms with van der Waals surface area (Å²) in [6.45, 7) is 16.8. The molecule has 0 bridgehead atoms. The Morgan fingerprint density at radius 3 is 1.88 bits per heavy atom. The summed E-state index contributed by atoms with van der Waals surface area (Å²) < 4.78 is 88.9. The number of carboxylic acids is 1. The van der Waals surface area contributed by atoms with Gasteiger partial charge < -0.3 is 146 Å². The van der Waals surface area contributed by atoms with E-state index in [1.807, 2.05) is 6.08 Å². The number of carbonyl (C=O) groups excluding carboxylic acids is 6. The van der Waals surface area contributed by atoms with Gasteiger partial charge in [-0.15, -0.1) is 0 Å². The summed E-state index contributed by atoms with van der Waals surface area (Å²) in [5.74, 6) is -7.66. The van der Waals surface area contributed by atoms with Crippen molar-refractivity contribution >= 4 is 49.3 Å². The number of nitrogens with one attached hydrogen (secondary N) is 3. The summed E-state index contributed by atoms with van der Waals surface area (Å²) >= 11 is 0. The van der Waals surface area contributed by atoms with Crippen molar-refractivity contribution in [3.8, 4) is 0 Å². The van der Waals surface area contributed by atoms with E-state index in [0.717, 1.165) is 64.0 Å². The maximum atomic E-state index is 14.1. The Labute approximate surface area is 628 Å². The first-order chi connectivity index (χ1) is 50.9. The predicted molar refractivity (Wildman–Crippen MR) is 372 cm³/mol. The molecule has 5 aliphatic heterocycles. The van der Waals surface area contributed by atoms with Crippen LogP contribution in [0.3, 0.4) is 0 Å². The zero-order valence-electron chi connectivity index (χ0n) is 62.2. The van der Waals surface area contributed by atoms with Crippen LogP contribution in [0.1, 0.15) is 127 Å². The van der Waals surface area contributed by atoms with Crippen LogP contribution in [0.5, 0.6) is 0 Å². The fourth-order valence-electron chi connectivity index (χ4n) is 12.6. The van der Waals surface area contributed by atoms with Crippen molar-refractivity contribution in [3.63, 3.8) is 0 Å². The number of aliphatic hydroxyl groups excluding tert-OH is 10. The maximum absolute atomic E-state index is 14.1. The van der Waals surface area contributed by atoms with E-state index in [4.69, 9.17) is 72.6 Å². The van der Waals surface area contributed by atoms with Gasteiger partial charge in [0.05, 0.1) is 32.5 Å². The molecule has 0 saturated carbocycles. The number of aliphatic carboxylic acids is 1. The number of hydrogen-bond donors (Lipinski definition) is 18. The Kier molecular flexibility index (Phi) is 34.1. The standard InChI is InChI=1S/C69H108N5O34P/c1-30(2)15-14-17-31(3)18-19-33(5)22-25-68(9,10)24-13-12-16-32(4)23-26-96-41(61(90)91)29-98-109(94,95)108-66-56(57(107-67(71)92)69(11,93)58(106-66)59(70)88)105-63-44(73-36(8)77)47(82)54(40(101-63)28-97-64-51(86)48(83)45(80)39(27-75)100-64)103-62-43(72-35(7)76)46(81)53(34(6)99-62)102-65-52(87)49(84)50(85)55(104-65)60(89)74-42-37(78)20-21-38(42)79/h13,15,18,23-24,34,39-41,43-58,62-66,75,78,80-87,93H,5,12,14,16-17,19-22,25-29H2,1-4,6-11H3,(H2,70,88)(H2,71,92)(H,72,76)(H,73,77)(H,74,89)(H,90,91)(H,94,95)/b24-13-,31-18+,32-23+/t34-,39-,40-,41-,43-,44-,45+,46-,47-,48?,49+,50-,51-,52-,53+,54-,55+,56-,57-,58-,62+,63+,64-,65-,66-,69+/m1/s1. The highest BCUT2D eigenvalue weighted by molar-refractivity contribution is 7.47. The van der Waals surface area contributed by atoms with Crippen molar-refractivity contribution in [3.05, 3.63) is 70.7 Å². The second kappa shape index (κ2) is 40.5. The minimum absolute atomic E-state index is 0.128. The minimum atomic E-state index is -5.85. The van der Waals surface area contributed by atoms with Crippen molar-refractivity contribution in [2.24, 2.45) is 16.9 Å². The third kappa shape index (κ3) is 25.4. The Hall–Kier alpha value is -6.16. The highest BCUT2D eigenvalue weighted by Crippen LogP contribution is 2.49. The molecule has 618 valence electrons. The molecule has 40 heteroatoms. The molecular weight excluding hydrogens is 1470 g/mol. The van der Waals surface area contributed by atoms with Crippen molar-refractivity contribution in [1.29, 1.82) is 0 Å². The zero-order valence-corrected chi connectivity index (χ0v) is 63.1. The molecule has 5 amide bonds. The molecule has 5 fully saturated rings. The smallest absolute Gasteiger partial charge is 0.474 e. The summed E-state index contributed by atoms with van der Waals surface area (Å²) in [4.78, 5) is 102. The number of aliphatic hydroxyl groups is 11. The highest BCUT2D eigenvalue weighted by atomic mass is 31.2. The van der Waals surface area contributed by atoms with E-state index in [2.05, 4.69) is 75.4 Å². The van der Waals surface area contributed by atoms with E-state index < -0.39 is 240 Å². The molecule has 6 rings (SSSR count). The largest absolute Gasteiger partial charge is 0.510 e. The number of nitrogens with two attached hydrogens (primary N) is 2. The number of carboxylic acid groups (broad SMARTS) is 1. The van der Waals surface area contributed by atoms with E-state index in [1.165, 1.54) is 18.1 Å². The monoisotopic (exact) mass is 1580 g/mol. The lowest BCUT2D eigenvalue weighted by atomic mass is 9.85. The lowest BCUT2D eigenvalue weighted by Gasteiger charge is -2.52. The first kappa shape index (κ1) is 91.7. The van der Waals surface area contributed by atoms with Crippen LogP contribution in [0, 0.1) is 5.41 Å². The van der Waals surface area contributed by atoms with Crippen molar-refractivity contribution in [2.45, 2.75) is 286 Å². The van der Waals surface area contributed by atoms with E-state index in [9.17, 15) is 104 Å². The van der Waals surface area contributed by atoms with Crippen molar-refractivity contribution in [2.75, 3.05) is 26.4 Å². The van der Waals surface area contributed by atoms with Crippen LogP contribution in [-0.4, -0.2) is 293 Å². The van der Waals surface area contributed by atoms with Crippen LogP contribution in [0.25, 0.3) is 0 Å². The zero-order chi connectivity index (χ0) is 81.5. The molecule has 0 aromatic rings. The maximum Gasteiger partial charge on any atom is 0.474 e. The van der Waals surface area contributed by atoms with Crippen LogP contribution in [0.2, 0.25) is 0 Å². The van der Waals surface area contributed by atoms with E-state index >= 15 is 0 Å². The Bertz CT molecular complexity index is 3360. The van der Waals surface area contributed by atoms with E-state index in [1.54, 1.807) is 13.0 Å². The number of allylic oxidation sites excluding steroid dienone is 10. The number of phosphoric acid groups is 1. The molecule has 2 unspecified atom stereocenters. The third-order valence-corrected chi connectivity index (χ3v) is 19.9. The predicted octanol–water partition coefficient (Wildman–Crippen LogP) is -2.03. The van der Waals surface area contributed by atoms with Crippen LogP contribution in [0.15, 0.2) is 70.7 Å². The van der Waals surface area contributed by atoms with Gasteiger partial charge in [-0.3, -0.25) is 33.0 Å². The molecular formula is C69H108N5O34P. The van der Waals surface area contributed by atoms with Gasteiger partial charge in [0.2, 0.25) is 17.7 Å². The third-order valence-electron chi connectivity index (χ3n) is 18.9. The summed E-state index contributed by atoms with van der Waals surface area (Å²) in [6.07, 6.45) is -35.4. The SMILES string of the molecule is C=C(C/C=C(\C)CCC=C(C)C)CCC(C)(C)/C=C\CC/C(C)=C/CO[C@H](COP(=O)(O)O[C@H]1O[C@H](C(N)=O)[C@@](C)(O)[C@H](OC(N)=O)[C@H]1O[C@@H]1O[C@H](CO[C@@H]2O[C@H](CO)[C@H](O)C(O)[C@H]2O)[C@@H](O[C@@H]2O[C@H](C)[C@H](O[C@@H]3O[C@H](C(=O)NC4=C(O)CCC4=O)[C@H](O)[C@H](O)[C@H]3O)[C@H](O)[C@H]2NC(C)=O)[C@H](O)[C@H]1NC(C)=O)C(=O)O. The molecule has 0 aromatic heterocycles. The number of carbonyl (C=O) groups is 7. The van der Waals surface area contributed by atoms with Crippen LogP contribution < -0.4 is 27.4 Å². The molecule has 0 aromatic carbocycles. The lowest BCUT2D eigenvalue weighted by molar-refractivity contribution is -0.375. The summed E-state index contributed by atoms with van der Waals surface area (Å²) in [5, 5.41) is 139. The molecule has 0 radical (unpaired) electrons. The molecule has 39 nitrogen and oxygen atoms in total. The number of ketones is 1. The van der Waals surface area contributed by atoms with Gasteiger partial charge in [-0.05, 0) is 91.9 Å². The van der Waals surface area contributed by atoms with Crippen molar-refractivity contribution in [1.82, 2.24) is 16.0 Å². The molecule has 1 aliphatic carbocycles. The van der Waals surface area contributed by atoms with Crippen LogP contribution in [-0.2, 0) is 94.5 Å². The number of ether oxygens (including phenoxy) is 11. The highest BCUT2D eigenvalue weighted by Gasteiger charge is 2.62. The van der Waals surface area contributed by atoms with Crippen LogP contribution >= 0.6 is 7.82 Å². The average molecular weight is 1580 g/mol. The fraction of sp³-hybridized carbons (Fsp3) is 0.725. The first-order valence-electron chi connectivity index (χ1n) is 35.4. The number of amides is 5. The molecule has 5 heterocycles. The molecule has 5 saturated heterocycles. The Morgan fingerprint density at radius 2 is 1.29 bits per heavy atom. The Morgan fingerprint density at radius 1 is 0.716 bits per heavy atom. The molecule has 27 atom stereocenters. The van der Waals surface area contributed by atoms with Gasteiger partial charge in [-0.2, -0.15) is 0 Å². The molecule has 0 spiro atoms. The number of Topliss-reactive ketones (excluding diaryl/α,β-unsaturated/α-hetero) is 1. The molecule has 109 heavy (non-hydrogen) atoms. The number of hydrogen-bond acceptors (Lipinski definition) is 32. The van der Waals surface area contributed by atoms with E-state index in [-0.39, 0.29) is 24.9 Å².